The van der Waals surface area contributed by atoms with Crippen molar-refractivity contribution in [3.63, 3.8) is 0 Å². The van der Waals surface area contributed by atoms with Gasteiger partial charge in [0, 0.05) is 22.7 Å². The van der Waals surface area contributed by atoms with E-state index in [-0.39, 0.29) is 0 Å². The second-order valence-electron chi connectivity index (χ2n) is 4.28. The van der Waals surface area contributed by atoms with E-state index in [4.69, 9.17) is 11.6 Å². The van der Waals surface area contributed by atoms with Crippen molar-refractivity contribution in [3.8, 4) is 11.3 Å². The number of rotatable bonds is 5. The van der Waals surface area contributed by atoms with Crippen LogP contribution in [0.1, 0.15) is 5.69 Å². The zero-order valence-corrected chi connectivity index (χ0v) is 12.2. The molecule has 2 N–H and O–H groups in total. The predicted molar refractivity (Wildman–Crippen MR) is 82.0 cm³/mol. The zero-order chi connectivity index (χ0) is 13.8. The van der Waals surface area contributed by atoms with Gasteiger partial charge in [-0.1, -0.05) is 35.5 Å². The fraction of sp³-hybridized carbons (Fsp3) is 0.143. The van der Waals surface area contributed by atoms with Crippen molar-refractivity contribution in [2.24, 2.45) is 0 Å². The highest BCUT2D eigenvalue weighted by Crippen LogP contribution is 2.23. The summed E-state index contributed by atoms with van der Waals surface area (Å²) in [5.74, 6) is 0.954. The first-order valence-corrected chi connectivity index (χ1v) is 7.58. The molecule has 0 saturated heterocycles. The maximum Gasteiger partial charge on any atom is 0.165 e. The van der Waals surface area contributed by atoms with E-state index in [0.29, 0.717) is 0 Å². The Morgan fingerprint density at radius 2 is 2.00 bits per heavy atom. The number of hydrogen-bond acceptors (Lipinski definition) is 3. The van der Waals surface area contributed by atoms with Gasteiger partial charge in [0.2, 0.25) is 0 Å². The van der Waals surface area contributed by atoms with E-state index in [1.54, 1.807) is 18.1 Å². The summed E-state index contributed by atoms with van der Waals surface area (Å²) in [6.45, 7) is 0. The van der Waals surface area contributed by atoms with Crippen molar-refractivity contribution in [2.45, 2.75) is 11.6 Å². The molecular weight excluding hydrogens is 292 g/mol. The van der Waals surface area contributed by atoms with Crippen LogP contribution in [0.15, 0.2) is 48.1 Å². The number of aryl methyl sites for hydroxylation is 1. The number of hydrogen-bond donors (Lipinski definition) is 2. The quantitative estimate of drug-likeness (QED) is 0.705. The minimum Gasteiger partial charge on any atom is -0.348 e. The summed E-state index contributed by atoms with van der Waals surface area (Å²) in [5, 5.41) is 1.66. The van der Waals surface area contributed by atoms with Gasteiger partial charge in [-0.2, -0.15) is 0 Å². The first-order valence-electron chi connectivity index (χ1n) is 6.22. The van der Waals surface area contributed by atoms with Crippen LogP contribution >= 0.6 is 23.4 Å². The maximum absolute atomic E-state index is 5.88. The first-order chi connectivity index (χ1) is 9.81. The topological polar surface area (TPSA) is 57.4 Å². The lowest BCUT2D eigenvalue weighted by Gasteiger charge is -1.98. The minimum atomic E-state index is 0.738. The van der Waals surface area contributed by atoms with E-state index in [9.17, 15) is 0 Å². The molecule has 1 aromatic carbocycles. The molecule has 0 bridgehead atoms. The smallest absolute Gasteiger partial charge is 0.165 e. The molecule has 0 aliphatic heterocycles. The molecule has 0 amide bonds. The molecule has 3 rings (SSSR count). The van der Waals surface area contributed by atoms with Gasteiger partial charge in [-0.3, -0.25) is 0 Å². The Bertz CT molecular complexity index is 661. The molecule has 0 unspecified atom stereocenters. The second kappa shape index (κ2) is 6.15. The number of benzene rings is 1. The summed E-state index contributed by atoms with van der Waals surface area (Å²) in [5.41, 5.74) is 3.23. The van der Waals surface area contributed by atoms with Crippen molar-refractivity contribution in [1.29, 1.82) is 0 Å². The Hall–Kier alpha value is -1.72. The second-order valence-corrected chi connectivity index (χ2v) is 5.80. The average Bonchev–Trinajstić information content (AvgIpc) is 3.11. The molecule has 2 heterocycles. The number of imidazole rings is 2. The average molecular weight is 305 g/mol. The van der Waals surface area contributed by atoms with E-state index in [0.717, 1.165) is 39.3 Å². The molecule has 2 aromatic heterocycles. The van der Waals surface area contributed by atoms with Gasteiger partial charge in [-0.25, -0.2) is 9.97 Å². The highest BCUT2D eigenvalue weighted by molar-refractivity contribution is 7.99. The Labute approximate surface area is 126 Å². The molecule has 0 spiro atoms. The van der Waals surface area contributed by atoms with Crippen LogP contribution in [0.5, 0.6) is 0 Å². The van der Waals surface area contributed by atoms with E-state index in [1.165, 1.54) is 0 Å². The molecule has 3 aromatic rings. The molecule has 20 heavy (non-hydrogen) atoms. The molecule has 102 valence electrons. The van der Waals surface area contributed by atoms with Gasteiger partial charge >= 0.3 is 0 Å². The van der Waals surface area contributed by atoms with E-state index in [1.807, 2.05) is 36.7 Å². The van der Waals surface area contributed by atoms with Crippen LogP contribution in [0, 0.1) is 0 Å². The van der Waals surface area contributed by atoms with Crippen LogP contribution in [0.2, 0.25) is 5.02 Å². The Balaban J connectivity index is 1.60. The summed E-state index contributed by atoms with van der Waals surface area (Å²) in [4.78, 5) is 14.8. The monoisotopic (exact) mass is 304 g/mol. The largest absolute Gasteiger partial charge is 0.348 e. The van der Waals surface area contributed by atoms with Gasteiger partial charge in [-0.15, -0.1) is 0 Å². The number of H-pyrrole nitrogens is 2. The summed E-state index contributed by atoms with van der Waals surface area (Å²) in [7, 11) is 0. The zero-order valence-electron chi connectivity index (χ0n) is 10.6. The lowest BCUT2D eigenvalue weighted by atomic mass is 10.2. The highest BCUT2D eigenvalue weighted by atomic mass is 35.5. The molecule has 0 aliphatic rings. The molecule has 4 nitrogen and oxygen atoms in total. The number of aromatic amines is 2. The van der Waals surface area contributed by atoms with E-state index < -0.39 is 0 Å². The van der Waals surface area contributed by atoms with Gasteiger partial charge in [0.1, 0.15) is 0 Å². The maximum atomic E-state index is 5.88. The molecule has 0 saturated carbocycles. The number of nitrogens with one attached hydrogen (secondary N) is 2. The number of nitrogens with zero attached hydrogens (tertiary/aromatic N) is 2. The fourth-order valence-corrected chi connectivity index (χ4v) is 2.78. The van der Waals surface area contributed by atoms with Crippen LogP contribution in [-0.4, -0.2) is 25.7 Å². The molecule has 0 fully saturated rings. The number of thioether (sulfide) groups is 1. The summed E-state index contributed by atoms with van der Waals surface area (Å²) in [6, 6.07) is 7.72. The fourth-order valence-electron chi connectivity index (χ4n) is 1.83. The third-order valence-electron chi connectivity index (χ3n) is 2.87. The third-order valence-corrected chi connectivity index (χ3v) is 4.01. The van der Waals surface area contributed by atoms with Gasteiger partial charge < -0.3 is 9.97 Å². The van der Waals surface area contributed by atoms with E-state index in [2.05, 4.69) is 19.9 Å². The number of aromatic nitrogens is 4. The van der Waals surface area contributed by atoms with Crippen LogP contribution in [-0.2, 0) is 6.42 Å². The SMILES string of the molecule is Clc1ccc(-c2cnc(SCCc3cnc[nH]3)[nH]2)cc1. The van der Waals surface area contributed by atoms with Gasteiger partial charge in [0.15, 0.2) is 5.16 Å². The van der Waals surface area contributed by atoms with Crippen molar-refractivity contribution >= 4 is 23.4 Å². The summed E-state index contributed by atoms with van der Waals surface area (Å²) < 4.78 is 0. The van der Waals surface area contributed by atoms with Crippen molar-refractivity contribution in [1.82, 2.24) is 19.9 Å². The Morgan fingerprint density at radius 3 is 2.75 bits per heavy atom. The first kappa shape index (κ1) is 13.3. The summed E-state index contributed by atoms with van der Waals surface area (Å²) >= 11 is 7.58. The van der Waals surface area contributed by atoms with Crippen molar-refractivity contribution < 1.29 is 0 Å². The van der Waals surface area contributed by atoms with Crippen LogP contribution in [0.3, 0.4) is 0 Å². The van der Waals surface area contributed by atoms with Crippen molar-refractivity contribution in [2.75, 3.05) is 5.75 Å². The molecule has 0 aliphatic carbocycles. The third kappa shape index (κ3) is 3.23. The lowest BCUT2D eigenvalue weighted by molar-refractivity contribution is 1.03. The van der Waals surface area contributed by atoms with Gasteiger partial charge in [0.25, 0.3) is 0 Å². The number of halogens is 1. The van der Waals surface area contributed by atoms with Crippen molar-refractivity contribution in [3.05, 3.63) is 53.7 Å². The standard InChI is InChI=1S/C14H13ClN4S/c15-11-3-1-10(2-4-11)13-8-17-14(19-13)20-6-5-12-7-16-9-18-12/h1-4,7-9H,5-6H2,(H,16,18)(H,17,19). The molecule has 0 radical (unpaired) electrons. The normalized spacial score (nSPS) is 10.8. The predicted octanol–water partition coefficient (Wildman–Crippen LogP) is 3.79. The lowest BCUT2D eigenvalue weighted by Crippen LogP contribution is -1.89. The van der Waals surface area contributed by atoms with Gasteiger partial charge in [-0.05, 0) is 24.1 Å². The highest BCUT2D eigenvalue weighted by Gasteiger charge is 2.04. The molecule has 0 atom stereocenters. The van der Waals surface area contributed by atoms with Crippen LogP contribution in [0.25, 0.3) is 11.3 Å². The van der Waals surface area contributed by atoms with Gasteiger partial charge in [0.05, 0.1) is 18.2 Å². The molecular formula is C14H13ClN4S. The minimum absolute atomic E-state index is 0.738. The Kier molecular flexibility index (Phi) is 4.08. The summed E-state index contributed by atoms with van der Waals surface area (Å²) in [6.07, 6.45) is 6.34. The van der Waals surface area contributed by atoms with E-state index >= 15 is 0 Å². The van der Waals surface area contributed by atoms with Crippen LogP contribution < -0.4 is 0 Å². The van der Waals surface area contributed by atoms with Crippen LogP contribution in [0.4, 0.5) is 0 Å². The Morgan fingerprint density at radius 1 is 1.15 bits per heavy atom. The molecule has 6 heteroatoms.